The van der Waals surface area contributed by atoms with Gasteiger partial charge in [-0.1, -0.05) is 6.42 Å². The molecule has 5 nitrogen and oxygen atoms in total. The molecule has 2 saturated heterocycles. The van der Waals surface area contributed by atoms with Crippen LogP contribution in [0.4, 0.5) is 0 Å². The molecule has 2 fully saturated rings. The highest BCUT2D eigenvalue weighted by Crippen LogP contribution is 2.11. The van der Waals surface area contributed by atoms with Crippen molar-refractivity contribution in [3.05, 3.63) is 0 Å². The van der Waals surface area contributed by atoms with Crippen molar-refractivity contribution in [2.45, 2.75) is 51.0 Å². The van der Waals surface area contributed by atoms with Gasteiger partial charge in [0.05, 0.1) is 6.04 Å². The highest BCUT2D eigenvalue weighted by molar-refractivity contribution is 5.85. The first-order valence-corrected chi connectivity index (χ1v) is 7.56. The molecule has 2 amide bonds. The zero-order chi connectivity index (χ0) is 13.5. The number of likely N-dealkylation sites (tertiary alicyclic amines) is 1. The van der Waals surface area contributed by atoms with E-state index in [-0.39, 0.29) is 30.3 Å². The molecular weight excluding hydrogens is 278 g/mol. The van der Waals surface area contributed by atoms with Crippen LogP contribution in [0.3, 0.4) is 0 Å². The van der Waals surface area contributed by atoms with Crippen molar-refractivity contribution in [3.63, 3.8) is 0 Å². The van der Waals surface area contributed by atoms with Crippen LogP contribution in [0.1, 0.15) is 44.9 Å². The molecule has 0 bridgehead atoms. The minimum atomic E-state index is -0.000168. The predicted molar refractivity (Wildman–Crippen MR) is 80.9 cm³/mol. The second-order valence-electron chi connectivity index (χ2n) is 5.48. The summed E-state index contributed by atoms with van der Waals surface area (Å²) in [6.07, 6.45) is 6.87. The van der Waals surface area contributed by atoms with Gasteiger partial charge in [-0.25, -0.2) is 0 Å². The molecule has 2 aliphatic rings. The number of hydrogen-bond donors (Lipinski definition) is 2. The molecule has 116 valence electrons. The first-order valence-electron chi connectivity index (χ1n) is 7.56. The molecule has 1 unspecified atom stereocenters. The zero-order valence-corrected chi connectivity index (χ0v) is 12.8. The van der Waals surface area contributed by atoms with Crippen molar-refractivity contribution in [2.75, 3.05) is 26.2 Å². The lowest BCUT2D eigenvalue weighted by Gasteiger charge is -2.20. The topological polar surface area (TPSA) is 61.4 Å². The van der Waals surface area contributed by atoms with E-state index in [4.69, 9.17) is 0 Å². The van der Waals surface area contributed by atoms with E-state index >= 15 is 0 Å². The molecule has 0 aromatic heterocycles. The summed E-state index contributed by atoms with van der Waals surface area (Å²) in [4.78, 5) is 25.5. The van der Waals surface area contributed by atoms with Crippen LogP contribution in [0.25, 0.3) is 0 Å². The van der Waals surface area contributed by atoms with E-state index in [1.807, 2.05) is 4.90 Å². The van der Waals surface area contributed by atoms with Gasteiger partial charge in [0, 0.05) is 26.1 Å². The molecule has 2 N–H and O–H groups in total. The van der Waals surface area contributed by atoms with E-state index in [2.05, 4.69) is 10.6 Å². The number of hydrogen-bond acceptors (Lipinski definition) is 3. The Kier molecular flexibility index (Phi) is 7.92. The maximum atomic E-state index is 11.8. The second kappa shape index (κ2) is 9.19. The van der Waals surface area contributed by atoms with Crippen molar-refractivity contribution in [1.82, 2.24) is 15.5 Å². The average molecular weight is 304 g/mol. The maximum Gasteiger partial charge on any atom is 0.237 e. The minimum Gasteiger partial charge on any atom is -0.355 e. The van der Waals surface area contributed by atoms with E-state index in [1.165, 1.54) is 0 Å². The standard InChI is InChI=1S/C14H25N3O2.ClH/c18-13-7-2-1-3-10-17(13)11-5-9-16-14(19)12-6-4-8-15-12;/h12,15H,1-11H2,(H,16,19);1H. The highest BCUT2D eigenvalue weighted by Gasteiger charge is 2.21. The summed E-state index contributed by atoms with van der Waals surface area (Å²) in [5.41, 5.74) is 0. The Balaban J connectivity index is 0.00000200. The Morgan fingerprint density at radius 1 is 1.30 bits per heavy atom. The first-order chi connectivity index (χ1) is 9.27. The van der Waals surface area contributed by atoms with Crippen LogP contribution < -0.4 is 10.6 Å². The van der Waals surface area contributed by atoms with E-state index in [0.717, 1.165) is 58.2 Å². The van der Waals surface area contributed by atoms with Gasteiger partial charge in [0.1, 0.15) is 0 Å². The van der Waals surface area contributed by atoms with Crippen LogP contribution in [-0.2, 0) is 9.59 Å². The molecule has 2 aliphatic heterocycles. The van der Waals surface area contributed by atoms with Gasteiger partial charge in [-0.05, 0) is 38.6 Å². The summed E-state index contributed by atoms with van der Waals surface area (Å²) in [5, 5.41) is 6.14. The minimum absolute atomic E-state index is 0. The number of rotatable bonds is 5. The second-order valence-corrected chi connectivity index (χ2v) is 5.48. The van der Waals surface area contributed by atoms with Crippen LogP contribution in [-0.4, -0.2) is 48.9 Å². The summed E-state index contributed by atoms with van der Waals surface area (Å²) in [7, 11) is 0. The maximum absolute atomic E-state index is 11.8. The van der Waals surface area contributed by atoms with Crippen LogP contribution >= 0.6 is 12.4 Å². The molecule has 0 saturated carbocycles. The van der Waals surface area contributed by atoms with Gasteiger partial charge in [0.25, 0.3) is 0 Å². The molecule has 0 spiro atoms. The molecule has 0 aromatic carbocycles. The number of carbonyl (C=O) groups excluding carboxylic acids is 2. The molecule has 0 aliphatic carbocycles. The fourth-order valence-corrected chi connectivity index (χ4v) is 2.79. The van der Waals surface area contributed by atoms with Crippen LogP contribution in [0.2, 0.25) is 0 Å². The van der Waals surface area contributed by atoms with Crippen LogP contribution in [0.15, 0.2) is 0 Å². The normalized spacial score (nSPS) is 23.1. The Morgan fingerprint density at radius 3 is 2.90 bits per heavy atom. The Hall–Kier alpha value is -0.810. The SMILES string of the molecule is Cl.O=C(NCCCN1CCCCCC1=O)C1CCCN1. The van der Waals surface area contributed by atoms with Gasteiger partial charge in [0.2, 0.25) is 11.8 Å². The zero-order valence-electron chi connectivity index (χ0n) is 12.0. The summed E-state index contributed by atoms with van der Waals surface area (Å²) in [6, 6.07) is -0.000168. The van der Waals surface area contributed by atoms with Crippen molar-refractivity contribution in [2.24, 2.45) is 0 Å². The number of amides is 2. The number of nitrogens with one attached hydrogen (secondary N) is 2. The third-order valence-electron chi connectivity index (χ3n) is 3.95. The van der Waals surface area contributed by atoms with Gasteiger partial charge < -0.3 is 15.5 Å². The van der Waals surface area contributed by atoms with Crippen LogP contribution in [0, 0.1) is 0 Å². The molecule has 1 atom stereocenters. The quantitative estimate of drug-likeness (QED) is 0.747. The molecular formula is C14H26ClN3O2. The third-order valence-corrected chi connectivity index (χ3v) is 3.95. The molecule has 2 rings (SSSR count). The fraction of sp³-hybridized carbons (Fsp3) is 0.857. The lowest BCUT2D eigenvalue weighted by Crippen LogP contribution is -2.41. The lowest BCUT2D eigenvalue weighted by molar-refractivity contribution is -0.130. The molecule has 20 heavy (non-hydrogen) atoms. The number of halogens is 1. The van der Waals surface area contributed by atoms with E-state index in [1.54, 1.807) is 0 Å². The van der Waals surface area contributed by atoms with Gasteiger partial charge in [-0.15, -0.1) is 12.4 Å². The predicted octanol–water partition coefficient (Wildman–Crippen LogP) is 1.07. The molecule has 0 radical (unpaired) electrons. The van der Waals surface area contributed by atoms with Crippen molar-refractivity contribution in [3.8, 4) is 0 Å². The van der Waals surface area contributed by atoms with Crippen molar-refractivity contribution >= 4 is 24.2 Å². The molecule has 6 heteroatoms. The van der Waals surface area contributed by atoms with Crippen molar-refractivity contribution < 1.29 is 9.59 Å². The van der Waals surface area contributed by atoms with Gasteiger partial charge in [0.15, 0.2) is 0 Å². The van der Waals surface area contributed by atoms with Gasteiger partial charge in [-0.2, -0.15) is 0 Å². The lowest BCUT2D eigenvalue weighted by atomic mass is 10.2. The largest absolute Gasteiger partial charge is 0.355 e. The third kappa shape index (κ3) is 5.29. The average Bonchev–Trinajstić information content (AvgIpc) is 2.87. The Bertz CT molecular complexity index is 320. The summed E-state index contributed by atoms with van der Waals surface area (Å²) >= 11 is 0. The fourth-order valence-electron chi connectivity index (χ4n) is 2.79. The molecule has 2 heterocycles. The number of carbonyl (C=O) groups is 2. The Morgan fingerprint density at radius 2 is 2.15 bits per heavy atom. The van der Waals surface area contributed by atoms with E-state index < -0.39 is 0 Å². The first kappa shape index (κ1) is 17.2. The monoisotopic (exact) mass is 303 g/mol. The van der Waals surface area contributed by atoms with E-state index in [9.17, 15) is 9.59 Å². The van der Waals surface area contributed by atoms with Gasteiger partial charge >= 0.3 is 0 Å². The number of nitrogens with zero attached hydrogens (tertiary/aromatic N) is 1. The summed E-state index contributed by atoms with van der Waals surface area (Å²) < 4.78 is 0. The highest BCUT2D eigenvalue weighted by atomic mass is 35.5. The van der Waals surface area contributed by atoms with Crippen molar-refractivity contribution in [1.29, 1.82) is 0 Å². The summed E-state index contributed by atoms with van der Waals surface area (Å²) in [6.45, 7) is 3.27. The Labute approximate surface area is 127 Å². The van der Waals surface area contributed by atoms with Crippen LogP contribution in [0.5, 0.6) is 0 Å². The summed E-state index contributed by atoms with van der Waals surface area (Å²) in [5.74, 6) is 0.390. The molecule has 0 aromatic rings. The van der Waals surface area contributed by atoms with Gasteiger partial charge in [-0.3, -0.25) is 9.59 Å². The smallest absolute Gasteiger partial charge is 0.237 e. The van der Waals surface area contributed by atoms with E-state index in [0.29, 0.717) is 13.0 Å².